The van der Waals surface area contributed by atoms with Crippen molar-refractivity contribution in [2.24, 2.45) is 0 Å². The molecule has 0 bridgehead atoms. The summed E-state index contributed by atoms with van der Waals surface area (Å²) >= 11 is 6.04. The summed E-state index contributed by atoms with van der Waals surface area (Å²) in [5.74, 6) is -0.317. The van der Waals surface area contributed by atoms with E-state index in [1.165, 1.54) is 18.3 Å². The fourth-order valence-electron chi connectivity index (χ4n) is 4.96. The number of rotatable bonds is 7. The van der Waals surface area contributed by atoms with E-state index in [0.717, 1.165) is 11.5 Å². The average molecular weight is 586 g/mol. The number of ether oxygens (including phenoxy) is 1. The predicted molar refractivity (Wildman–Crippen MR) is 145 cm³/mol. The minimum Gasteiger partial charge on any atom is -0.486 e. The molecule has 1 aliphatic heterocycles. The smallest absolute Gasteiger partial charge is 0.272 e. The van der Waals surface area contributed by atoms with Crippen LogP contribution in [0.15, 0.2) is 55.0 Å². The molecule has 10 nitrogen and oxygen atoms in total. The van der Waals surface area contributed by atoms with Gasteiger partial charge in [0.15, 0.2) is 5.65 Å². The minimum absolute atomic E-state index is 0.00205. The molecule has 0 aliphatic carbocycles. The predicted octanol–water partition coefficient (Wildman–Crippen LogP) is 4.08. The summed E-state index contributed by atoms with van der Waals surface area (Å²) in [6.45, 7) is -0.0603. The van der Waals surface area contributed by atoms with Crippen LogP contribution in [0.5, 0.6) is 5.75 Å². The first kappa shape index (κ1) is 26.8. The van der Waals surface area contributed by atoms with Crippen molar-refractivity contribution < 1.29 is 27.8 Å². The van der Waals surface area contributed by atoms with E-state index in [1.54, 1.807) is 29.0 Å². The van der Waals surface area contributed by atoms with Gasteiger partial charge in [-0.3, -0.25) is 9.89 Å². The molecule has 4 aromatic heterocycles. The zero-order valence-electron chi connectivity index (χ0n) is 21.3. The molecule has 2 atom stereocenters. The molecule has 5 aromatic rings. The Labute approximate surface area is 235 Å². The maximum atomic E-state index is 13.6. The molecule has 212 valence electrons. The normalized spacial score (nSPS) is 17.5. The zero-order valence-corrected chi connectivity index (χ0v) is 22.0. The number of anilines is 1. The topological polar surface area (TPSA) is 121 Å². The number of hydrogen-bond donors (Lipinski definition) is 3. The number of aromatic nitrogens is 5. The molecule has 0 radical (unpaired) electrons. The third-order valence-electron chi connectivity index (χ3n) is 6.93. The third-order valence-corrected chi connectivity index (χ3v) is 7.26. The van der Waals surface area contributed by atoms with Gasteiger partial charge in [0, 0.05) is 30.4 Å². The molecule has 0 unspecified atom stereocenters. The van der Waals surface area contributed by atoms with E-state index in [0.29, 0.717) is 41.1 Å². The molecule has 6 rings (SSSR count). The number of halogens is 4. The number of aliphatic hydroxyl groups excluding tert-OH is 1. The SMILES string of the molecule is O=C(N[C@H]1CCN(c2ccc(-c3cc(OCC(F)F)cn4nc5[nH]ncc5c34)cn2)C[C@H]1O)c1cc(F)ccc1Cl. The van der Waals surface area contributed by atoms with Crippen LogP contribution in [-0.4, -0.2) is 74.1 Å². The molecule has 1 saturated heterocycles. The number of aromatic amines is 1. The molecule has 41 heavy (non-hydrogen) atoms. The van der Waals surface area contributed by atoms with Crippen LogP contribution in [-0.2, 0) is 0 Å². The van der Waals surface area contributed by atoms with Crippen molar-refractivity contribution in [1.82, 2.24) is 30.1 Å². The molecule has 5 heterocycles. The van der Waals surface area contributed by atoms with Crippen LogP contribution < -0.4 is 15.0 Å². The van der Waals surface area contributed by atoms with Gasteiger partial charge < -0.3 is 20.1 Å². The van der Waals surface area contributed by atoms with Gasteiger partial charge in [0.2, 0.25) is 0 Å². The van der Waals surface area contributed by atoms with Crippen LogP contribution in [0.1, 0.15) is 16.8 Å². The van der Waals surface area contributed by atoms with E-state index in [4.69, 9.17) is 16.3 Å². The summed E-state index contributed by atoms with van der Waals surface area (Å²) in [6.07, 6.45) is 1.69. The Morgan fingerprint density at radius 1 is 1.24 bits per heavy atom. The molecule has 0 saturated carbocycles. The second kappa shape index (κ2) is 10.9. The highest BCUT2D eigenvalue weighted by Crippen LogP contribution is 2.33. The van der Waals surface area contributed by atoms with E-state index in [-0.39, 0.29) is 22.9 Å². The number of hydrogen-bond acceptors (Lipinski definition) is 7. The molecule has 1 aliphatic rings. The maximum Gasteiger partial charge on any atom is 0.272 e. The van der Waals surface area contributed by atoms with Gasteiger partial charge >= 0.3 is 0 Å². The molecule has 3 N–H and O–H groups in total. The number of carbonyl (C=O) groups excluding carboxylic acids is 1. The van der Waals surface area contributed by atoms with Crippen LogP contribution in [0, 0.1) is 5.82 Å². The Kier molecular flexibility index (Phi) is 7.14. The number of β-amino-alcohol motifs (C(OH)–C–C–N with tert-alkyl or cyclic N) is 1. The Hall–Kier alpha value is -4.36. The number of fused-ring (bicyclic) bond motifs is 3. The molecule has 1 aromatic carbocycles. The number of H-pyrrole nitrogens is 1. The van der Waals surface area contributed by atoms with Gasteiger partial charge in [0.05, 0.1) is 46.0 Å². The monoisotopic (exact) mass is 585 g/mol. The lowest BCUT2D eigenvalue weighted by Gasteiger charge is -2.37. The van der Waals surface area contributed by atoms with Gasteiger partial charge in [0.1, 0.15) is 24.0 Å². The first-order valence-electron chi connectivity index (χ1n) is 12.7. The number of carbonyl (C=O) groups is 1. The Morgan fingerprint density at radius 2 is 2.10 bits per heavy atom. The molecule has 14 heteroatoms. The van der Waals surface area contributed by atoms with Crippen molar-refractivity contribution in [3.8, 4) is 16.9 Å². The lowest BCUT2D eigenvalue weighted by Crippen LogP contribution is -2.54. The Bertz CT molecular complexity index is 1730. The van der Waals surface area contributed by atoms with Crippen molar-refractivity contribution in [2.75, 3.05) is 24.6 Å². The highest BCUT2D eigenvalue weighted by atomic mass is 35.5. The number of alkyl halides is 2. The minimum atomic E-state index is -2.63. The Balaban J connectivity index is 1.20. The van der Waals surface area contributed by atoms with Crippen LogP contribution in [0.25, 0.3) is 27.7 Å². The Morgan fingerprint density at radius 3 is 2.85 bits per heavy atom. The zero-order chi connectivity index (χ0) is 28.7. The van der Waals surface area contributed by atoms with Gasteiger partial charge in [0.25, 0.3) is 12.3 Å². The van der Waals surface area contributed by atoms with E-state index >= 15 is 0 Å². The van der Waals surface area contributed by atoms with E-state index < -0.39 is 36.9 Å². The largest absolute Gasteiger partial charge is 0.486 e. The fraction of sp³-hybridized carbons (Fsp3) is 0.259. The lowest BCUT2D eigenvalue weighted by atomic mass is 10.0. The maximum absolute atomic E-state index is 13.6. The van der Waals surface area contributed by atoms with Gasteiger partial charge in [-0.2, -0.15) is 5.10 Å². The summed E-state index contributed by atoms with van der Waals surface area (Å²) in [5.41, 5.74) is 2.60. The summed E-state index contributed by atoms with van der Waals surface area (Å²) in [6, 6.07) is 8.26. The number of benzene rings is 1. The van der Waals surface area contributed by atoms with Crippen LogP contribution >= 0.6 is 11.6 Å². The highest BCUT2D eigenvalue weighted by molar-refractivity contribution is 6.33. The van der Waals surface area contributed by atoms with E-state index in [9.17, 15) is 23.1 Å². The van der Waals surface area contributed by atoms with Crippen molar-refractivity contribution in [2.45, 2.75) is 25.0 Å². The number of nitrogens with one attached hydrogen (secondary N) is 2. The van der Waals surface area contributed by atoms with E-state index in [2.05, 4.69) is 25.6 Å². The molecule has 0 spiro atoms. The van der Waals surface area contributed by atoms with Gasteiger partial charge in [-0.25, -0.2) is 22.7 Å². The first-order valence-corrected chi connectivity index (χ1v) is 13.1. The second-order valence-corrected chi connectivity index (χ2v) is 10.0. The number of amides is 1. The lowest BCUT2D eigenvalue weighted by molar-refractivity contribution is 0.0797. The molecule has 1 amide bonds. The fourth-order valence-corrected chi connectivity index (χ4v) is 5.16. The van der Waals surface area contributed by atoms with Gasteiger partial charge in [-0.15, -0.1) is 5.10 Å². The number of aliphatic hydroxyl groups is 1. The van der Waals surface area contributed by atoms with Gasteiger partial charge in [-0.1, -0.05) is 11.6 Å². The van der Waals surface area contributed by atoms with Crippen molar-refractivity contribution in [1.29, 1.82) is 0 Å². The quantitative estimate of drug-likeness (QED) is 0.263. The molecule has 1 fully saturated rings. The third kappa shape index (κ3) is 5.37. The summed E-state index contributed by atoms with van der Waals surface area (Å²) in [4.78, 5) is 19.1. The van der Waals surface area contributed by atoms with Crippen molar-refractivity contribution >= 4 is 39.9 Å². The van der Waals surface area contributed by atoms with E-state index in [1.807, 2.05) is 11.0 Å². The molecular weight excluding hydrogens is 563 g/mol. The number of nitrogens with zero attached hydrogens (tertiary/aromatic N) is 5. The number of pyridine rings is 2. The highest BCUT2D eigenvalue weighted by Gasteiger charge is 2.30. The average Bonchev–Trinajstić information content (AvgIpc) is 3.55. The summed E-state index contributed by atoms with van der Waals surface area (Å²) < 4.78 is 46.0. The van der Waals surface area contributed by atoms with Crippen molar-refractivity contribution in [3.63, 3.8) is 0 Å². The van der Waals surface area contributed by atoms with Crippen LogP contribution in [0.4, 0.5) is 19.0 Å². The summed E-state index contributed by atoms with van der Waals surface area (Å²) in [5, 5.41) is 25.6. The van der Waals surface area contributed by atoms with Crippen molar-refractivity contribution in [3.05, 3.63) is 71.4 Å². The van der Waals surface area contributed by atoms with Gasteiger partial charge in [-0.05, 0) is 42.8 Å². The van der Waals surface area contributed by atoms with Crippen LogP contribution in [0.3, 0.4) is 0 Å². The number of piperidine rings is 1. The second-order valence-electron chi connectivity index (χ2n) is 9.63. The first-order chi connectivity index (χ1) is 19.8. The standard InChI is InChI=1S/C27H23ClF3N7O3/c28-20-3-2-15(29)7-18(20)27(40)34-21-5-6-37(12-22(21)39)24-4-1-14(9-32-24)17-8-16(41-13-23(30)31)11-38-25(17)19-10-33-35-26(19)36-38/h1-4,7-11,21-23,39H,5-6,12-13H2,(H,34,40)(H,35,36)/t21-,22+/m0/s1. The molecular formula is C27H23ClF3N7O3. The summed E-state index contributed by atoms with van der Waals surface area (Å²) in [7, 11) is 0. The van der Waals surface area contributed by atoms with Crippen LogP contribution in [0.2, 0.25) is 5.02 Å².